The highest BCUT2D eigenvalue weighted by molar-refractivity contribution is 9.10. The van der Waals surface area contributed by atoms with Crippen LogP contribution in [0.4, 0.5) is 5.13 Å². The molecule has 1 heterocycles. The normalized spacial score (nSPS) is 11.6. The Morgan fingerprint density at radius 1 is 1.39 bits per heavy atom. The molecule has 1 N–H and O–H groups in total. The lowest BCUT2D eigenvalue weighted by Gasteiger charge is -1.97. The molecule has 2 aromatic rings. The van der Waals surface area contributed by atoms with Gasteiger partial charge in [-0.3, -0.25) is 5.43 Å². The van der Waals surface area contributed by atoms with Crippen LogP contribution in [0.5, 0.6) is 0 Å². The number of benzene rings is 1. The number of nitrogens with one attached hydrogen (secondary N) is 1. The van der Waals surface area contributed by atoms with E-state index in [1.165, 1.54) is 0 Å². The van der Waals surface area contributed by atoms with Crippen molar-refractivity contribution >= 4 is 38.1 Å². The Hall–Kier alpha value is -1.20. The number of nitrogens with zero attached hydrogens (tertiary/aromatic N) is 2. The molecule has 0 bridgehead atoms. The van der Waals surface area contributed by atoms with Crippen LogP contribution in [0.25, 0.3) is 11.3 Å². The molecule has 0 spiro atoms. The smallest absolute Gasteiger partial charge is 0.203 e. The van der Waals surface area contributed by atoms with Crippen molar-refractivity contribution in [3.8, 4) is 11.3 Å². The Bertz CT molecular complexity index is 546. The molecule has 0 fully saturated rings. The molecule has 5 heteroatoms. The van der Waals surface area contributed by atoms with E-state index in [-0.39, 0.29) is 0 Å². The van der Waals surface area contributed by atoms with Gasteiger partial charge in [0.25, 0.3) is 0 Å². The Morgan fingerprint density at radius 2 is 2.11 bits per heavy atom. The van der Waals surface area contributed by atoms with Crippen LogP contribution >= 0.6 is 27.3 Å². The molecule has 2 rings (SSSR count). The summed E-state index contributed by atoms with van der Waals surface area (Å²) >= 11 is 4.98. The van der Waals surface area contributed by atoms with Crippen molar-refractivity contribution in [2.45, 2.75) is 20.3 Å². The van der Waals surface area contributed by atoms with Crippen LogP contribution in [-0.2, 0) is 0 Å². The van der Waals surface area contributed by atoms with E-state index in [0.717, 1.165) is 33.0 Å². The average Bonchev–Trinajstić information content (AvgIpc) is 2.85. The first-order valence-electron chi connectivity index (χ1n) is 5.69. The minimum absolute atomic E-state index is 0.820. The molecule has 0 aliphatic carbocycles. The zero-order chi connectivity index (χ0) is 13.0. The fourth-order valence-corrected chi connectivity index (χ4v) is 2.23. The third-order valence-corrected chi connectivity index (χ3v) is 3.77. The number of halogens is 1. The Kier molecular flexibility index (Phi) is 4.49. The van der Waals surface area contributed by atoms with Crippen LogP contribution in [0.2, 0.25) is 0 Å². The Balaban J connectivity index is 2.13. The van der Waals surface area contributed by atoms with Crippen LogP contribution < -0.4 is 5.43 Å². The number of hydrogen-bond donors (Lipinski definition) is 1. The highest BCUT2D eigenvalue weighted by Gasteiger charge is 2.03. The molecule has 0 radical (unpaired) electrons. The molecular formula is C13H14BrN3S. The second-order valence-electron chi connectivity index (χ2n) is 3.86. The summed E-state index contributed by atoms with van der Waals surface area (Å²) in [5.41, 5.74) is 6.13. The number of thiazole rings is 1. The average molecular weight is 324 g/mol. The van der Waals surface area contributed by atoms with E-state index in [1.807, 2.05) is 36.6 Å². The van der Waals surface area contributed by atoms with Crippen molar-refractivity contribution in [3.05, 3.63) is 34.1 Å². The van der Waals surface area contributed by atoms with Crippen LogP contribution in [0.3, 0.4) is 0 Å². The highest BCUT2D eigenvalue weighted by Crippen LogP contribution is 2.26. The van der Waals surface area contributed by atoms with Crippen molar-refractivity contribution in [2.75, 3.05) is 5.43 Å². The van der Waals surface area contributed by atoms with Gasteiger partial charge in [-0.05, 0) is 25.5 Å². The molecule has 0 saturated heterocycles. The summed E-state index contributed by atoms with van der Waals surface area (Å²) in [6.07, 6.45) is 0.942. The van der Waals surface area contributed by atoms with Gasteiger partial charge in [-0.15, -0.1) is 11.3 Å². The van der Waals surface area contributed by atoms with Crippen molar-refractivity contribution in [1.29, 1.82) is 0 Å². The summed E-state index contributed by atoms with van der Waals surface area (Å²) in [7, 11) is 0. The van der Waals surface area contributed by atoms with Gasteiger partial charge >= 0.3 is 0 Å². The van der Waals surface area contributed by atoms with Gasteiger partial charge in [0.1, 0.15) is 0 Å². The van der Waals surface area contributed by atoms with E-state index in [2.05, 4.69) is 38.4 Å². The van der Waals surface area contributed by atoms with Crippen LogP contribution in [0.1, 0.15) is 20.3 Å². The fourth-order valence-electron chi connectivity index (χ4n) is 1.30. The zero-order valence-electron chi connectivity index (χ0n) is 10.3. The molecule has 1 aromatic carbocycles. The van der Waals surface area contributed by atoms with Gasteiger partial charge in [0.2, 0.25) is 5.13 Å². The van der Waals surface area contributed by atoms with Crippen LogP contribution in [-0.4, -0.2) is 10.7 Å². The minimum atomic E-state index is 0.820. The zero-order valence-corrected chi connectivity index (χ0v) is 12.7. The quantitative estimate of drug-likeness (QED) is 0.650. The lowest BCUT2D eigenvalue weighted by Crippen LogP contribution is -1.95. The van der Waals surface area contributed by atoms with Gasteiger partial charge in [-0.1, -0.05) is 35.0 Å². The molecular weight excluding hydrogens is 310 g/mol. The molecule has 0 aliphatic heterocycles. The topological polar surface area (TPSA) is 37.3 Å². The predicted molar refractivity (Wildman–Crippen MR) is 82.3 cm³/mol. The van der Waals surface area contributed by atoms with Gasteiger partial charge in [0.15, 0.2) is 0 Å². The minimum Gasteiger partial charge on any atom is -0.253 e. The standard InChI is InChI=1S/C13H14BrN3S/c1-3-9(2)16-17-13-15-12(8-18-13)10-4-6-11(14)7-5-10/h4-8H,3H2,1-2H3,(H,15,17)/b16-9-. The van der Waals surface area contributed by atoms with Gasteiger partial charge < -0.3 is 0 Å². The first-order valence-corrected chi connectivity index (χ1v) is 7.37. The van der Waals surface area contributed by atoms with Crippen molar-refractivity contribution in [2.24, 2.45) is 5.10 Å². The van der Waals surface area contributed by atoms with Gasteiger partial charge in [-0.25, -0.2) is 4.98 Å². The molecule has 3 nitrogen and oxygen atoms in total. The maximum atomic E-state index is 4.50. The molecule has 0 unspecified atom stereocenters. The number of anilines is 1. The van der Waals surface area contributed by atoms with E-state index in [0.29, 0.717) is 0 Å². The van der Waals surface area contributed by atoms with Crippen molar-refractivity contribution in [3.63, 3.8) is 0 Å². The monoisotopic (exact) mass is 323 g/mol. The predicted octanol–water partition coefficient (Wildman–Crippen LogP) is 4.77. The molecule has 0 aliphatic rings. The summed E-state index contributed by atoms with van der Waals surface area (Å²) < 4.78 is 1.07. The highest BCUT2D eigenvalue weighted by atomic mass is 79.9. The maximum absolute atomic E-state index is 4.50. The molecule has 1 aromatic heterocycles. The van der Waals surface area contributed by atoms with E-state index >= 15 is 0 Å². The summed E-state index contributed by atoms with van der Waals surface area (Å²) in [4.78, 5) is 4.50. The summed E-state index contributed by atoms with van der Waals surface area (Å²) in [5, 5.41) is 7.09. The van der Waals surface area contributed by atoms with Gasteiger partial charge in [0.05, 0.1) is 5.69 Å². The van der Waals surface area contributed by atoms with E-state index in [9.17, 15) is 0 Å². The molecule has 0 saturated carbocycles. The lowest BCUT2D eigenvalue weighted by molar-refractivity contribution is 1.20. The Morgan fingerprint density at radius 3 is 2.78 bits per heavy atom. The number of hydrazone groups is 1. The summed E-state index contributed by atoms with van der Waals surface area (Å²) in [6, 6.07) is 8.12. The largest absolute Gasteiger partial charge is 0.253 e. The number of rotatable bonds is 4. The lowest BCUT2D eigenvalue weighted by atomic mass is 10.2. The van der Waals surface area contributed by atoms with Crippen LogP contribution in [0.15, 0.2) is 39.2 Å². The third-order valence-electron chi connectivity index (χ3n) is 2.50. The Labute approximate surface area is 119 Å². The molecule has 0 amide bonds. The van der Waals surface area contributed by atoms with Crippen molar-refractivity contribution in [1.82, 2.24) is 4.98 Å². The van der Waals surface area contributed by atoms with Crippen molar-refractivity contribution < 1.29 is 0 Å². The van der Waals surface area contributed by atoms with E-state index in [1.54, 1.807) is 11.3 Å². The first kappa shape index (κ1) is 13.2. The summed E-state index contributed by atoms with van der Waals surface area (Å²) in [5.74, 6) is 0. The number of hydrogen-bond acceptors (Lipinski definition) is 4. The molecule has 0 atom stereocenters. The van der Waals surface area contributed by atoms with E-state index in [4.69, 9.17) is 0 Å². The fraction of sp³-hybridized carbons (Fsp3) is 0.231. The first-order chi connectivity index (χ1) is 8.69. The third kappa shape index (κ3) is 3.40. The van der Waals surface area contributed by atoms with E-state index < -0.39 is 0 Å². The summed E-state index contributed by atoms with van der Waals surface area (Å²) in [6.45, 7) is 4.08. The molecule has 18 heavy (non-hydrogen) atoms. The van der Waals surface area contributed by atoms with Gasteiger partial charge in [0, 0.05) is 21.1 Å². The molecule has 94 valence electrons. The number of aromatic nitrogens is 1. The maximum Gasteiger partial charge on any atom is 0.203 e. The second-order valence-corrected chi connectivity index (χ2v) is 5.63. The van der Waals surface area contributed by atoms with Crippen LogP contribution in [0, 0.1) is 0 Å². The SMILES string of the molecule is CC/C(C)=N\Nc1nc(-c2ccc(Br)cc2)cs1. The second kappa shape index (κ2) is 6.11. The van der Waals surface area contributed by atoms with Gasteiger partial charge in [-0.2, -0.15) is 5.10 Å².